The van der Waals surface area contributed by atoms with E-state index in [1.165, 1.54) is 0 Å². The normalized spacial score (nSPS) is 20.2. The van der Waals surface area contributed by atoms with Crippen LogP contribution in [-0.2, 0) is 9.59 Å². The van der Waals surface area contributed by atoms with Gasteiger partial charge in [0.25, 0.3) is 0 Å². The Morgan fingerprint density at radius 3 is 2.47 bits per heavy atom. The molecule has 0 saturated carbocycles. The molecule has 1 aliphatic heterocycles. The Morgan fingerprint density at radius 2 is 2.00 bits per heavy atom. The Labute approximate surface area is 110 Å². The van der Waals surface area contributed by atoms with E-state index in [4.69, 9.17) is 0 Å². The number of rotatable bonds is 5. The molecule has 0 spiro atoms. The van der Waals surface area contributed by atoms with E-state index in [0.717, 1.165) is 4.90 Å². The molecule has 2 amide bonds. The summed E-state index contributed by atoms with van der Waals surface area (Å²) in [5, 5.41) is 2.66. The first-order valence-corrected chi connectivity index (χ1v) is 6.41. The Kier molecular flexibility index (Phi) is 5.20. The van der Waals surface area contributed by atoms with Gasteiger partial charge in [-0.15, -0.1) is 0 Å². The van der Waals surface area contributed by atoms with Crippen LogP contribution in [0, 0.1) is 5.92 Å². The van der Waals surface area contributed by atoms with Gasteiger partial charge in [-0.3, -0.25) is 9.59 Å². The van der Waals surface area contributed by atoms with Gasteiger partial charge in [0, 0.05) is 18.9 Å². The minimum absolute atomic E-state index is 0.0536. The lowest BCUT2D eigenvalue weighted by atomic mass is 10.0. The zero-order valence-electron chi connectivity index (χ0n) is 11.1. The van der Waals surface area contributed by atoms with Crippen molar-refractivity contribution in [2.45, 2.75) is 45.3 Å². The molecule has 1 N–H and O–H groups in total. The first-order chi connectivity index (χ1) is 8.76. The first-order valence-electron chi connectivity index (χ1n) is 6.41. The molecule has 0 radical (unpaired) electrons. The van der Waals surface area contributed by atoms with E-state index in [2.05, 4.69) is 5.32 Å². The van der Waals surface area contributed by atoms with E-state index < -0.39 is 24.7 Å². The molecule has 1 rings (SSSR count). The molecule has 4 nitrogen and oxygen atoms in total. The maximum atomic E-state index is 12.2. The molecule has 0 bridgehead atoms. The molecule has 7 heteroatoms. The van der Waals surface area contributed by atoms with Crippen LogP contribution in [0.4, 0.5) is 13.2 Å². The molecule has 110 valence electrons. The fraction of sp³-hybridized carbons (Fsp3) is 0.833. The maximum Gasteiger partial charge on any atom is 0.406 e. The number of alkyl halides is 3. The third-order valence-corrected chi connectivity index (χ3v) is 3.29. The molecule has 0 aromatic rings. The zero-order chi connectivity index (χ0) is 14.6. The van der Waals surface area contributed by atoms with Crippen LogP contribution in [0.15, 0.2) is 0 Å². The minimum atomic E-state index is -4.40. The number of carbonyl (C=O) groups is 2. The van der Waals surface area contributed by atoms with Crippen LogP contribution in [0.5, 0.6) is 0 Å². The van der Waals surface area contributed by atoms with Crippen LogP contribution in [0.3, 0.4) is 0 Å². The molecule has 1 atom stereocenters. The zero-order valence-corrected chi connectivity index (χ0v) is 11.1. The Hall–Kier alpha value is -1.27. The molecular formula is C12H19F3N2O2. The number of nitrogens with zero attached hydrogens (tertiary/aromatic N) is 1. The van der Waals surface area contributed by atoms with Crippen molar-refractivity contribution in [3.63, 3.8) is 0 Å². The first kappa shape index (κ1) is 15.8. The molecule has 0 aliphatic carbocycles. The molecule has 0 unspecified atom stereocenters. The predicted octanol–water partition coefficient (Wildman–Crippen LogP) is 1.70. The lowest BCUT2D eigenvalue weighted by Gasteiger charge is -2.20. The molecule has 0 aromatic heterocycles. The van der Waals surface area contributed by atoms with Crippen molar-refractivity contribution in [3.8, 4) is 0 Å². The van der Waals surface area contributed by atoms with Crippen LogP contribution in [0.1, 0.15) is 33.1 Å². The van der Waals surface area contributed by atoms with E-state index in [1.54, 1.807) is 0 Å². The molecule has 1 aliphatic rings. The van der Waals surface area contributed by atoms with Crippen molar-refractivity contribution in [2.24, 2.45) is 5.92 Å². The standard InChI is InChI=1S/C12H19F3N2O2/c1-3-8(4-2)11(19)16-9-5-10(18)17(6-9)7-12(13,14)15/h8-9H,3-7H2,1-2H3,(H,16,19)/t9-/m0/s1. The van der Waals surface area contributed by atoms with Crippen molar-refractivity contribution in [1.82, 2.24) is 10.2 Å². The quantitative estimate of drug-likeness (QED) is 0.833. The highest BCUT2D eigenvalue weighted by Crippen LogP contribution is 2.21. The smallest absolute Gasteiger partial charge is 0.351 e. The summed E-state index contributed by atoms with van der Waals surface area (Å²) in [6.07, 6.45) is -3.10. The summed E-state index contributed by atoms with van der Waals surface area (Å²) in [7, 11) is 0. The van der Waals surface area contributed by atoms with Gasteiger partial charge in [0.05, 0.1) is 6.04 Å². The predicted molar refractivity (Wildman–Crippen MR) is 63.3 cm³/mol. The molecule has 1 fully saturated rings. The highest BCUT2D eigenvalue weighted by atomic mass is 19.4. The fourth-order valence-electron chi connectivity index (χ4n) is 2.22. The van der Waals surface area contributed by atoms with Gasteiger partial charge in [0.15, 0.2) is 0 Å². The summed E-state index contributed by atoms with van der Waals surface area (Å²) in [5.41, 5.74) is 0. The van der Waals surface area contributed by atoms with Crippen LogP contribution in [-0.4, -0.2) is 42.0 Å². The molecule has 0 aromatic carbocycles. The van der Waals surface area contributed by atoms with Crippen LogP contribution >= 0.6 is 0 Å². The number of amides is 2. The second-order valence-electron chi connectivity index (χ2n) is 4.81. The van der Waals surface area contributed by atoms with Gasteiger partial charge in [0.1, 0.15) is 6.54 Å². The Bertz CT molecular complexity index is 340. The average molecular weight is 280 g/mol. The van der Waals surface area contributed by atoms with E-state index in [-0.39, 0.29) is 24.8 Å². The largest absolute Gasteiger partial charge is 0.406 e. The fourth-order valence-corrected chi connectivity index (χ4v) is 2.22. The number of nitrogens with one attached hydrogen (secondary N) is 1. The van der Waals surface area contributed by atoms with Gasteiger partial charge in [-0.25, -0.2) is 0 Å². The van der Waals surface area contributed by atoms with Crippen molar-refractivity contribution in [1.29, 1.82) is 0 Å². The number of carbonyl (C=O) groups excluding carboxylic acids is 2. The monoisotopic (exact) mass is 280 g/mol. The van der Waals surface area contributed by atoms with Crippen LogP contribution < -0.4 is 5.32 Å². The van der Waals surface area contributed by atoms with Crippen molar-refractivity contribution < 1.29 is 22.8 Å². The van der Waals surface area contributed by atoms with Gasteiger partial charge in [-0.1, -0.05) is 13.8 Å². The van der Waals surface area contributed by atoms with Gasteiger partial charge in [0.2, 0.25) is 11.8 Å². The molecule has 1 saturated heterocycles. The van der Waals surface area contributed by atoms with Gasteiger partial charge >= 0.3 is 6.18 Å². The third kappa shape index (κ3) is 4.72. The van der Waals surface area contributed by atoms with E-state index in [9.17, 15) is 22.8 Å². The third-order valence-electron chi connectivity index (χ3n) is 3.29. The minimum Gasteiger partial charge on any atom is -0.351 e. The number of hydrogen-bond donors (Lipinski definition) is 1. The molecule has 1 heterocycles. The van der Waals surface area contributed by atoms with E-state index in [1.807, 2.05) is 13.8 Å². The maximum absolute atomic E-state index is 12.2. The summed E-state index contributed by atoms with van der Waals surface area (Å²) < 4.78 is 36.7. The lowest BCUT2D eigenvalue weighted by molar-refractivity contribution is -0.157. The summed E-state index contributed by atoms with van der Waals surface area (Å²) >= 11 is 0. The second kappa shape index (κ2) is 6.25. The van der Waals surface area contributed by atoms with Gasteiger partial charge in [-0.2, -0.15) is 13.2 Å². The summed E-state index contributed by atoms with van der Waals surface area (Å²) in [6.45, 7) is 2.44. The number of hydrogen-bond acceptors (Lipinski definition) is 2. The Morgan fingerprint density at radius 1 is 1.42 bits per heavy atom. The number of halogens is 3. The molecular weight excluding hydrogens is 261 g/mol. The second-order valence-corrected chi connectivity index (χ2v) is 4.81. The van der Waals surface area contributed by atoms with Crippen molar-refractivity contribution >= 4 is 11.8 Å². The van der Waals surface area contributed by atoms with E-state index >= 15 is 0 Å². The number of likely N-dealkylation sites (tertiary alicyclic amines) is 1. The summed E-state index contributed by atoms with van der Waals surface area (Å²) in [4.78, 5) is 24.0. The highest BCUT2D eigenvalue weighted by molar-refractivity contribution is 5.83. The van der Waals surface area contributed by atoms with Crippen LogP contribution in [0.2, 0.25) is 0 Å². The SMILES string of the molecule is CCC(CC)C(=O)N[C@H]1CC(=O)N(CC(F)(F)F)C1. The van der Waals surface area contributed by atoms with Crippen LogP contribution in [0.25, 0.3) is 0 Å². The summed E-state index contributed by atoms with van der Waals surface area (Å²) in [6, 6.07) is -0.511. The summed E-state index contributed by atoms with van der Waals surface area (Å²) in [5.74, 6) is -0.893. The van der Waals surface area contributed by atoms with Gasteiger partial charge in [-0.05, 0) is 12.8 Å². The highest BCUT2D eigenvalue weighted by Gasteiger charge is 2.38. The lowest BCUT2D eigenvalue weighted by Crippen LogP contribution is -2.41. The Balaban J connectivity index is 2.51. The van der Waals surface area contributed by atoms with Crippen molar-refractivity contribution in [3.05, 3.63) is 0 Å². The van der Waals surface area contributed by atoms with E-state index in [0.29, 0.717) is 12.8 Å². The molecule has 19 heavy (non-hydrogen) atoms. The average Bonchev–Trinajstić information content (AvgIpc) is 2.58. The van der Waals surface area contributed by atoms with Crippen molar-refractivity contribution in [2.75, 3.05) is 13.1 Å². The topological polar surface area (TPSA) is 49.4 Å². The van der Waals surface area contributed by atoms with Gasteiger partial charge < -0.3 is 10.2 Å².